The summed E-state index contributed by atoms with van der Waals surface area (Å²) in [5.41, 5.74) is 0. The van der Waals surface area contributed by atoms with Gasteiger partial charge in [-0.2, -0.15) is 0 Å². The second-order valence-corrected chi connectivity index (χ2v) is 5.48. The first-order valence-corrected chi connectivity index (χ1v) is 7.00. The molecule has 104 valence electrons. The van der Waals surface area contributed by atoms with Gasteiger partial charge in [-0.3, -0.25) is 9.59 Å². The summed E-state index contributed by atoms with van der Waals surface area (Å²) in [6.07, 6.45) is 5.67. The van der Waals surface area contributed by atoms with Gasteiger partial charge in [0.25, 0.3) is 0 Å². The maximum Gasteiger partial charge on any atom is 0.307 e. The molecule has 4 unspecified atom stereocenters. The largest absolute Gasteiger partial charge is 0.481 e. The predicted octanol–water partition coefficient (Wildman–Crippen LogP) is 2.43. The Labute approximate surface area is 109 Å². The molecular weight excluding hydrogens is 230 g/mol. The van der Waals surface area contributed by atoms with E-state index in [-0.39, 0.29) is 11.9 Å². The van der Waals surface area contributed by atoms with Crippen LogP contribution in [0.5, 0.6) is 0 Å². The molecule has 0 radical (unpaired) electrons. The molecule has 0 aliphatic heterocycles. The average molecular weight is 255 g/mol. The quantitative estimate of drug-likeness (QED) is 0.793. The second kappa shape index (κ2) is 6.76. The van der Waals surface area contributed by atoms with E-state index in [1.165, 1.54) is 12.8 Å². The molecule has 2 N–H and O–H groups in total. The van der Waals surface area contributed by atoms with Crippen molar-refractivity contribution >= 4 is 11.9 Å². The summed E-state index contributed by atoms with van der Waals surface area (Å²) in [5, 5.41) is 12.0. The van der Waals surface area contributed by atoms with Crippen LogP contribution in [-0.2, 0) is 9.59 Å². The Morgan fingerprint density at radius 1 is 1.22 bits per heavy atom. The lowest BCUT2D eigenvalue weighted by Crippen LogP contribution is -2.45. The number of rotatable bonds is 5. The van der Waals surface area contributed by atoms with E-state index in [1.807, 2.05) is 0 Å². The average Bonchev–Trinajstić information content (AvgIpc) is 2.37. The fourth-order valence-corrected chi connectivity index (χ4v) is 2.64. The first kappa shape index (κ1) is 15.0. The topological polar surface area (TPSA) is 66.4 Å². The minimum absolute atomic E-state index is 0.116. The van der Waals surface area contributed by atoms with E-state index in [4.69, 9.17) is 5.11 Å². The fourth-order valence-electron chi connectivity index (χ4n) is 2.64. The van der Waals surface area contributed by atoms with Crippen molar-refractivity contribution in [1.29, 1.82) is 0 Å². The number of carboxylic acids is 1. The van der Waals surface area contributed by atoms with Crippen LogP contribution in [0.2, 0.25) is 0 Å². The number of carboxylic acid groups (broad SMARTS) is 1. The van der Waals surface area contributed by atoms with Gasteiger partial charge >= 0.3 is 5.97 Å². The van der Waals surface area contributed by atoms with Gasteiger partial charge in [-0.1, -0.05) is 40.0 Å². The highest BCUT2D eigenvalue weighted by Gasteiger charge is 2.30. The number of carbonyl (C=O) groups is 2. The third kappa shape index (κ3) is 3.72. The summed E-state index contributed by atoms with van der Waals surface area (Å²) >= 11 is 0. The maximum atomic E-state index is 12.0. The molecule has 0 bridgehead atoms. The number of hydrogen-bond acceptors (Lipinski definition) is 2. The van der Waals surface area contributed by atoms with E-state index >= 15 is 0 Å². The third-order valence-electron chi connectivity index (χ3n) is 4.31. The monoisotopic (exact) mass is 255 g/mol. The summed E-state index contributed by atoms with van der Waals surface area (Å²) in [6, 6.07) is 0.236. The van der Waals surface area contributed by atoms with Crippen molar-refractivity contribution in [3.05, 3.63) is 0 Å². The predicted molar refractivity (Wildman–Crippen MR) is 70.1 cm³/mol. The Kier molecular flexibility index (Phi) is 5.63. The van der Waals surface area contributed by atoms with Gasteiger partial charge < -0.3 is 10.4 Å². The lowest BCUT2D eigenvalue weighted by Gasteiger charge is -2.32. The number of nitrogens with one attached hydrogen (secondary N) is 1. The molecule has 4 atom stereocenters. The molecule has 1 rings (SSSR count). The number of amides is 1. The first-order chi connectivity index (χ1) is 8.47. The van der Waals surface area contributed by atoms with Gasteiger partial charge in [0, 0.05) is 12.0 Å². The van der Waals surface area contributed by atoms with E-state index < -0.39 is 17.8 Å². The van der Waals surface area contributed by atoms with Gasteiger partial charge in [-0.25, -0.2) is 0 Å². The van der Waals surface area contributed by atoms with E-state index in [2.05, 4.69) is 12.2 Å². The highest BCUT2D eigenvalue weighted by atomic mass is 16.4. The molecular formula is C14H25NO3. The van der Waals surface area contributed by atoms with Crippen LogP contribution in [0.15, 0.2) is 0 Å². The molecule has 1 amide bonds. The lowest BCUT2D eigenvalue weighted by molar-refractivity contribution is -0.146. The summed E-state index contributed by atoms with van der Waals surface area (Å²) in [6.45, 7) is 5.43. The Balaban J connectivity index is 2.54. The van der Waals surface area contributed by atoms with Gasteiger partial charge in [0.15, 0.2) is 0 Å². The van der Waals surface area contributed by atoms with Crippen LogP contribution in [0, 0.1) is 17.8 Å². The number of hydrogen-bond donors (Lipinski definition) is 2. The fraction of sp³-hybridized carbons (Fsp3) is 0.857. The molecule has 0 spiro atoms. The molecule has 4 nitrogen and oxygen atoms in total. The maximum absolute atomic E-state index is 12.0. The summed E-state index contributed by atoms with van der Waals surface area (Å²) < 4.78 is 0. The zero-order valence-corrected chi connectivity index (χ0v) is 11.6. The molecule has 0 heterocycles. The normalized spacial score (nSPS) is 27.3. The van der Waals surface area contributed by atoms with Gasteiger partial charge in [-0.05, 0) is 18.8 Å². The van der Waals surface area contributed by atoms with Crippen molar-refractivity contribution < 1.29 is 14.7 Å². The zero-order chi connectivity index (χ0) is 13.7. The van der Waals surface area contributed by atoms with E-state index in [0.29, 0.717) is 5.92 Å². The molecule has 0 aromatic rings. The van der Waals surface area contributed by atoms with E-state index in [9.17, 15) is 9.59 Å². The van der Waals surface area contributed by atoms with Crippen molar-refractivity contribution in [2.24, 2.45) is 17.8 Å². The smallest absolute Gasteiger partial charge is 0.307 e. The summed E-state index contributed by atoms with van der Waals surface area (Å²) in [4.78, 5) is 22.9. The molecule has 0 aromatic heterocycles. The van der Waals surface area contributed by atoms with Crippen molar-refractivity contribution in [3.8, 4) is 0 Å². The van der Waals surface area contributed by atoms with Crippen molar-refractivity contribution in [3.63, 3.8) is 0 Å². The van der Waals surface area contributed by atoms with Crippen LogP contribution in [0.25, 0.3) is 0 Å². The highest BCUT2D eigenvalue weighted by molar-refractivity contribution is 5.84. The molecule has 1 fully saturated rings. The van der Waals surface area contributed by atoms with E-state index in [0.717, 1.165) is 19.3 Å². The van der Waals surface area contributed by atoms with Gasteiger partial charge in [-0.15, -0.1) is 0 Å². The Bertz CT molecular complexity index is 303. The molecule has 0 aromatic carbocycles. The van der Waals surface area contributed by atoms with Crippen LogP contribution in [-0.4, -0.2) is 23.0 Å². The van der Waals surface area contributed by atoms with Crippen LogP contribution >= 0.6 is 0 Å². The third-order valence-corrected chi connectivity index (χ3v) is 4.31. The molecule has 1 aliphatic rings. The summed E-state index contributed by atoms with van der Waals surface area (Å²) in [5.74, 6) is -1.57. The van der Waals surface area contributed by atoms with Gasteiger partial charge in [0.05, 0.1) is 5.92 Å². The van der Waals surface area contributed by atoms with Crippen molar-refractivity contribution in [1.82, 2.24) is 5.32 Å². The van der Waals surface area contributed by atoms with Crippen molar-refractivity contribution in [2.45, 2.75) is 58.9 Å². The van der Waals surface area contributed by atoms with Gasteiger partial charge in [0.2, 0.25) is 5.91 Å². The Hall–Kier alpha value is -1.06. The summed E-state index contributed by atoms with van der Waals surface area (Å²) in [7, 11) is 0. The zero-order valence-electron chi connectivity index (χ0n) is 11.6. The molecule has 1 saturated carbocycles. The Morgan fingerprint density at radius 2 is 1.83 bits per heavy atom. The molecule has 0 saturated heterocycles. The van der Waals surface area contributed by atoms with Crippen LogP contribution < -0.4 is 5.32 Å². The first-order valence-electron chi connectivity index (χ1n) is 7.00. The standard InChI is InChI=1S/C14H25NO3/c1-4-11-7-5-6-8-12(11)15-13(16)9(2)10(3)14(17)18/h9-12H,4-8H2,1-3H3,(H,15,16)(H,17,18). The lowest BCUT2D eigenvalue weighted by atomic mass is 9.82. The van der Waals surface area contributed by atoms with Crippen LogP contribution in [0.1, 0.15) is 52.9 Å². The van der Waals surface area contributed by atoms with Crippen molar-refractivity contribution in [2.75, 3.05) is 0 Å². The SMILES string of the molecule is CCC1CCCCC1NC(=O)C(C)C(C)C(=O)O. The van der Waals surface area contributed by atoms with Crippen LogP contribution in [0.4, 0.5) is 0 Å². The minimum Gasteiger partial charge on any atom is -0.481 e. The van der Waals surface area contributed by atoms with Crippen LogP contribution in [0.3, 0.4) is 0 Å². The Morgan fingerprint density at radius 3 is 2.39 bits per heavy atom. The molecule has 18 heavy (non-hydrogen) atoms. The minimum atomic E-state index is -0.909. The molecule has 1 aliphatic carbocycles. The number of carbonyl (C=O) groups excluding carboxylic acids is 1. The number of aliphatic carboxylic acids is 1. The second-order valence-electron chi connectivity index (χ2n) is 5.48. The van der Waals surface area contributed by atoms with E-state index in [1.54, 1.807) is 13.8 Å². The highest BCUT2D eigenvalue weighted by Crippen LogP contribution is 2.27. The van der Waals surface area contributed by atoms with Gasteiger partial charge in [0.1, 0.15) is 0 Å². The molecule has 4 heteroatoms.